The maximum Gasteiger partial charge on any atom is 0.303 e. The normalized spacial score (nSPS) is 11.2. The lowest BCUT2D eigenvalue weighted by Gasteiger charge is -2.15. The van der Waals surface area contributed by atoms with Gasteiger partial charge in [0.15, 0.2) is 11.5 Å². The molecule has 4 aromatic rings. The molecule has 0 bridgehead atoms. The fraction of sp³-hybridized carbons (Fsp3) is 0.233. The van der Waals surface area contributed by atoms with Gasteiger partial charge in [-0.25, -0.2) is 4.98 Å². The second-order valence-corrected chi connectivity index (χ2v) is 8.58. The number of aliphatic carboxylic acids is 1. The number of hydrogen-bond acceptors (Lipinski definition) is 8. The molecule has 0 saturated heterocycles. The lowest BCUT2D eigenvalue weighted by Crippen LogP contribution is -2.06. The Hall–Kier alpha value is -4.79. The minimum Gasteiger partial charge on any atom is -0.493 e. The standard InChI is InChI=1S/C30H30N2O7/c1-20-25(31-30(39-20)23-12-8-5-9-13-23)19-37-29-26(35-2)16-21(17-27(29)36-3)18-38-32-24(14-15-28(33)34)22-10-6-4-7-11-22/h4-13,16-17H,14-15,18-19H2,1-3H3,(H,33,34)/b32-24+. The van der Waals surface area contributed by atoms with Crippen LogP contribution in [0.1, 0.15) is 35.4 Å². The summed E-state index contributed by atoms with van der Waals surface area (Å²) in [6, 6.07) is 22.5. The van der Waals surface area contributed by atoms with Gasteiger partial charge < -0.3 is 28.6 Å². The van der Waals surface area contributed by atoms with Crippen molar-refractivity contribution in [1.29, 1.82) is 0 Å². The quantitative estimate of drug-likeness (QED) is 0.165. The van der Waals surface area contributed by atoms with Crippen LogP contribution in [-0.4, -0.2) is 36.0 Å². The average Bonchev–Trinajstić information content (AvgIpc) is 3.34. The first kappa shape index (κ1) is 27.3. The maximum absolute atomic E-state index is 11.1. The number of oxime groups is 1. The molecule has 202 valence electrons. The molecule has 0 aliphatic rings. The van der Waals surface area contributed by atoms with Gasteiger partial charge in [0, 0.05) is 12.0 Å². The number of methoxy groups -OCH3 is 2. The molecule has 0 unspecified atom stereocenters. The minimum absolute atomic E-state index is 0.0530. The number of carboxylic acid groups (broad SMARTS) is 1. The second kappa shape index (κ2) is 13.1. The van der Waals surface area contributed by atoms with Crippen LogP contribution in [0.15, 0.2) is 82.4 Å². The molecule has 1 heterocycles. The third-order valence-corrected chi connectivity index (χ3v) is 5.88. The summed E-state index contributed by atoms with van der Waals surface area (Å²) in [5, 5.41) is 13.3. The fourth-order valence-electron chi connectivity index (χ4n) is 3.85. The largest absolute Gasteiger partial charge is 0.493 e. The molecule has 9 heteroatoms. The molecule has 39 heavy (non-hydrogen) atoms. The highest BCUT2D eigenvalue weighted by Gasteiger charge is 2.18. The Balaban J connectivity index is 1.48. The summed E-state index contributed by atoms with van der Waals surface area (Å²) >= 11 is 0. The van der Waals surface area contributed by atoms with Gasteiger partial charge in [-0.2, -0.15) is 0 Å². The molecule has 0 aliphatic heterocycles. The van der Waals surface area contributed by atoms with Crippen LogP contribution in [0, 0.1) is 6.92 Å². The van der Waals surface area contributed by atoms with Gasteiger partial charge in [-0.3, -0.25) is 4.79 Å². The van der Waals surface area contributed by atoms with Gasteiger partial charge in [0.1, 0.15) is 24.7 Å². The van der Waals surface area contributed by atoms with Crippen molar-refractivity contribution < 1.29 is 33.4 Å². The van der Waals surface area contributed by atoms with Crippen LogP contribution in [0.4, 0.5) is 0 Å². The Morgan fingerprint density at radius 1 is 0.923 bits per heavy atom. The van der Waals surface area contributed by atoms with Crippen LogP contribution < -0.4 is 14.2 Å². The number of benzene rings is 3. The smallest absolute Gasteiger partial charge is 0.303 e. The van der Waals surface area contributed by atoms with Crippen LogP contribution in [0.3, 0.4) is 0 Å². The lowest BCUT2D eigenvalue weighted by atomic mass is 10.1. The molecule has 0 saturated carbocycles. The molecule has 0 atom stereocenters. The molecule has 9 nitrogen and oxygen atoms in total. The van der Waals surface area contributed by atoms with Crippen LogP contribution in [0.25, 0.3) is 11.5 Å². The predicted molar refractivity (Wildman–Crippen MR) is 145 cm³/mol. The first-order chi connectivity index (χ1) is 19.0. The average molecular weight is 531 g/mol. The van der Waals surface area contributed by atoms with Crippen LogP contribution in [0.2, 0.25) is 0 Å². The molecular formula is C30H30N2O7. The zero-order chi connectivity index (χ0) is 27.6. The van der Waals surface area contributed by atoms with Crippen molar-refractivity contribution >= 4 is 11.7 Å². The number of aryl methyl sites for hydroxylation is 1. The van der Waals surface area contributed by atoms with E-state index in [1.54, 1.807) is 26.4 Å². The SMILES string of the molecule is COc1cc(CO/N=C(\CCC(=O)O)c2ccccc2)cc(OC)c1OCc1nc(-c2ccccc2)oc1C. The number of nitrogens with zero attached hydrogens (tertiary/aromatic N) is 2. The molecule has 1 N–H and O–H groups in total. The monoisotopic (exact) mass is 530 g/mol. The number of aromatic nitrogens is 1. The summed E-state index contributed by atoms with van der Waals surface area (Å²) in [4.78, 5) is 21.3. The number of hydrogen-bond donors (Lipinski definition) is 1. The molecule has 3 aromatic carbocycles. The van der Waals surface area contributed by atoms with E-state index in [0.717, 1.165) is 16.7 Å². The Morgan fingerprint density at radius 3 is 2.18 bits per heavy atom. The van der Waals surface area contributed by atoms with E-state index in [1.807, 2.05) is 67.6 Å². The van der Waals surface area contributed by atoms with E-state index in [4.69, 9.17) is 28.6 Å². The van der Waals surface area contributed by atoms with Gasteiger partial charge in [-0.1, -0.05) is 53.7 Å². The van der Waals surface area contributed by atoms with E-state index in [-0.39, 0.29) is 26.1 Å². The van der Waals surface area contributed by atoms with Gasteiger partial charge in [-0.15, -0.1) is 0 Å². The fourth-order valence-corrected chi connectivity index (χ4v) is 3.85. The first-order valence-electron chi connectivity index (χ1n) is 12.3. The second-order valence-electron chi connectivity index (χ2n) is 8.58. The number of oxazole rings is 1. The van der Waals surface area contributed by atoms with Crippen molar-refractivity contribution in [2.75, 3.05) is 14.2 Å². The lowest BCUT2D eigenvalue weighted by molar-refractivity contribution is -0.136. The Kier molecular flexibility index (Phi) is 9.18. The van der Waals surface area contributed by atoms with Crippen LogP contribution >= 0.6 is 0 Å². The summed E-state index contributed by atoms with van der Waals surface area (Å²) in [5.41, 5.74) is 3.63. The van der Waals surface area contributed by atoms with E-state index >= 15 is 0 Å². The zero-order valence-electron chi connectivity index (χ0n) is 22.0. The highest BCUT2D eigenvalue weighted by Crippen LogP contribution is 2.39. The van der Waals surface area contributed by atoms with Crippen molar-refractivity contribution in [3.05, 3.63) is 95.4 Å². The van der Waals surface area contributed by atoms with E-state index in [0.29, 0.717) is 40.3 Å². The summed E-state index contributed by atoms with van der Waals surface area (Å²) in [6.07, 6.45) is 0.189. The third kappa shape index (κ3) is 7.16. The van der Waals surface area contributed by atoms with E-state index in [2.05, 4.69) is 10.1 Å². The number of rotatable bonds is 13. The number of ether oxygens (including phenoxy) is 3. The van der Waals surface area contributed by atoms with Gasteiger partial charge in [-0.05, 0) is 42.3 Å². The van der Waals surface area contributed by atoms with Gasteiger partial charge >= 0.3 is 5.97 Å². The molecule has 0 aliphatic carbocycles. The van der Waals surface area contributed by atoms with Crippen molar-refractivity contribution in [2.24, 2.45) is 5.16 Å². The summed E-state index contributed by atoms with van der Waals surface area (Å²) in [6.45, 7) is 2.10. The van der Waals surface area contributed by atoms with Crippen molar-refractivity contribution in [3.63, 3.8) is 0 Å². The Morgan fingerprint density at radius 2 is 1.56 bits per heavy atom. The summed E-state index contributed by atoms with van der Waals surface area (Å²) in [7, 11) is 3.08. The topological polar surface area (TPSA) is 113 Å². The van der Waals surface area contributed by atoms with Gasteiger partial charge in [0.2, 0.25) is 11.6 Å². The molecule has 4 rings (SSSR count). The molecule has 1 aromatic heterocycles. The molecular weight excluding hydrogens is 500 g/mol. The molecule has 0 radical (unpaired) electrons. The van der Waals surface area contributed by atoms with Crippen molar-refractivity contribution in [1.82, 2.24) is 4.98 Å². The van der Waals surface area contributed by atoms with E-state index in [1.165, 1.54) is 0 Å². The van der Waals surface area contributed by atoms with E-state index < -0.39 is 5.97 Å². The van der Waals surface area contributed by atoms with Crippen molar-refractivity contribution in [2.45, 2.75) is 33.0 Å². The van der Waals surface area contributed by atoms with Crippen LogP contribution in [-0.2, 0) is 22.8 Å². The van der Waals surface area contributed by atoms with Crippen LogP contribution in [0.5, 0.6) is 17.2 Å². The summed E-state index contributed by atoms with van der Waals surface area (Å²) < 4.78 is 23.1. The molecule has 0 amide bonds. The Bertz CT molecular complexity index is 1390. The van der Waals surface area contributed by atoms with E-state index in [9.17, 15) is 4.79 Å². The maximum atomic E-state index is 11.1. The highest BCUT2D eigenvalue weighted by atomic mass is 16.6. The minimum atomic E-state index is -0.902. The number of carbonyl (C=O) groups is 1. The molecule has 0 fully saturated rings. The first-order valence-corrected chi connectivity index (χ1v) is 12.3. The highest BCUT2D eigenvalue weighted by molar-refractivity contribution is 6.01. The van der Waals surface area contributed by atoms with Gasteiger partial charge in [0.05, 0.1) is 26.4 Å². The number of carboxylic acids is 1. The zero-order valence-corrected chi connectivity index (χ0v) is 22.0. The molecule has 0 spiro atoms. The predicted octanol–water partition coefficient (Wildman–Crippen LogP) is 6.03. The Labute approximate surface area is 226 Å². The third-order valence-electron chi connectivity index (χ3n) is 5.88. The summed E-state index contributed by atoms with van der Waals surface area (Å²) in [5.74, 6) is 1.61. The van der Waals surface area contributed by atoms with Gasteiger partial charge in [0.25, 0.3) is 0 Å². The van der Waals surface area contributed by atoms with Crippen molar-refractivity contribution in [3.8, 4) is 28.7 Å².